The van der Waals surface area contributed by atoms with Crippen LogP contribution in [0.15, 0.2) is 59.4 Å². The van der Waals surface area contributed by atoms with Crippen LogP contribution in [0.25, 0.3) is 0 Å². The minimum absolute atomic E-state index is 0.831. The summed E-state index contributed by atoms with van der Waals surface area (Å²) in [5.41, 5.74) is 3.60. The zero-order valence-corrected chi connectivity index (χ0v) is 11.2. The molecule has 0 saturated carbocycles. The predicted octanol–water partition coefficient (Wildman–Crippen LogP) is 4.29. The molecule has 0 heterocycles. The normalized spacial score (nSPS) is 15.2. The van der Waals surface area contributed by atoms with Crippen molar-refractivity contribution >= 4 is 5.69 Å². The molecule has 1 N–H and O–H groups in total. The van der Waals surface area contributed by atoms with Gasteiger partial charge in [0.05, 0.1) is 5.69 Å². The van der Waals surface area contributed by atoms with Crippen molar-refractivity contribution in [3.05, 3.63) is 59.4 Å². The van der Waals surface area contributed by atoms with E-state index in [9.17, 15) is 0 Å². The molecule has 0 amide bonds. The van der Waals surface area contributed by atoms with E-state index in [4.69, 9.17) is 4.74 Å². The van der Waals surface area contributed by atoms with Gasteiger partial charge in [-0.3, -0.25) is 0 Å². The van der Waals surface area contributed by atoms with Crippen molar-refractivity contribution in [3.63, 3.8) is 0 Å². The number of ether oxygens (including phenoxy) is 1. The van der Waals surface area contributed by atoms with E-state index in [2.05, 4.69) is 37.4 Å². The lowest BCUT2D eigenvalue weighted by Crippen LogP contribution is -1.98. The first-order valence-electron chi connectivity index (χ1n) is 6.20. The topological polar surface area (TPSA) is 21.3 Å². The summed E-state index contributed by atoms with van der Waals surface area (Å²) in [4.78, 5) is 0. The van der Waals surface area contributed by atoms with Crippen LogP contribution in [0.2, 0.25) is 0 Å². The van der Waals surface area contributed by atoms with Crippen LogP contribution in [-0.2, 0) is 0 Å². The van der Waals surface area contributed by atoms with Crippen LogP contribution < -0.4 is 10.1 Å². The van der Waals surface area contributed by atoms with E-state index in [0.29, 0.717) is 0 Å². The van der Waals surface area contributed by atoms with Crippen molar-refractivity contribution in [3.8, 4) is 5.75 Å². The Morgan fingerprint density at radius 3 is 2.61 bits per heavy atom. The second-order valence-electron chi connectivity index (χ2n) is 4.42. The van der Waals surface area contributed by atoms with Crippen LogP contribution in [0.3, 0.4) is 0 Å². The zero-order valence-electron chi connectivity index (χ0n) is 11.2. The van der Waals surface area contributed by atoms with Crippen LogP contribution in [0.4, 0.5) is 5.69 Å². The second-order valence-corrected chi connectivity index (χ2v) is 4.42. The van der Waals surface area contributed by atoms with Gasteiger partial charge in [0.2, 0.25) is 0 Å². The first-order chi connectivity index (χ1) is 8.70. The summed E-state index contributed by atoms with van der Waals surface area (Å²) in [5.74, 6) is 1.83. The van der Waals surface area contributed by atoms with Crippen molar-refractivity contribution in [2.75, 3.05) is 12.4 Å². The number of anilines is 1. The molecule has 2 rings (SSSR count). The Hall–Kier alpha value is -1.96. The smallest absolute Gasteiger partial charge is 0.150 e. The van der Waals surface area contributed by atoms with Gasteiger partial charge >= 0.3 is 0 Å². The minimum Gasteiger partial charge on any atom is -0.459 e. The molecule has 0 aliphatic heterocycles. The van der Waals surface area contributed by atoms with Gasteiger partial charge in [-0.05, 0) is 37.6 Å². The zero-order chi connectivity index (χ0) is 13.0. The van der Waals surface area contributed by atoms with E-state index in [1.807, 2.05) is 31.3 Å². The Bertz CT molecular complexity index is 524. The van der Waals surface area contributed by atoms with Gasteiger partial charge in [-0.1, -0.05) is 29.9 Å². The average molecular weight is 241 g/mol. The highest BCUT2D eigenvalue weighted by Gasteiger charge is 2.06. The van der Waals surface area contributed by atoms with Gasteiger partial charge in [0.1, 0.15) is 11.5 Å². The van der Waals surface area contributed by atoms with Crippen LogP contribution in [0.1, 0.15) is 20.3 Å². The van der Waals surface area contributed by atoms with E-state index in [1.54, 1.807) is 0 Å². The third kappa shape index (κ3) is 2.83. The first kappa shape index (κ1) is 12.5. The molecule has 0 spiro atoms. The first-order valence-corrected chi connectivity index (χ1v) is 6.20. The molecule has 0 saturated heterocycles. The van der Waals surface area contributed by atoms with Gasteiger partial charge in [0.15, 0.2) is 0 Å². The largest absolute Gasteiger partial charge is 0.459 e. The molecule has 0 fully saturated rings. The predicted molar refractivity (Wildman–Crippen MR) is 76.8 cm³/mol. The lowest BCUT2D eigenvalue weighted by molar-refractivity contribution is 0.418. The molecular formula is C16H19NO. The van der Waals surface area contributed by atoms with Gasteiger partial charge in [-0.15, -0.1) is 0 Å². The standard InChI is InChI=1S/C16H19NO/c1-12-8-10-14(11-9-13(12)2)18-16-7-5-4-6-15(16)17-3/h4-10,17H,11H2,1-3H3. The van der Waals surface area contributed by atoms with Crippen molar-refractivity contribution in [1.29, 1.82) is 0 Å². The Morgan fingerprint density at radius 1 is 1.06 bits per heavy atom. The third-order valence-corrected chi connectivity index (χ3v) is 3.15. The van der Waals surface area contributed by atoms with Gasteiger partial charge in [0.25, 0.3) is 0 Å². The van der Waals surface area contributed by atoms with E-state index in [0.717, 1.165) is 23.6 Å². The highest BCUT2D eigenvalue weighted by Crippen LogP contribution is 2.27. The van der Waals surface area contributed by atoms with Crippen LogP contribution >= 0.6 is 0 Å². The molecule has 94 valence electrons. The summed E-state index contributed by atoms with van der Waals surface area (Å²) in [5, 5.41) is 3.14. The highest BCUT2D eigenvalue weighted by atomic mass is 16.5. The fraction of sp³-hybridized carbons (Fsp3) is 0.250. The number of rotatable bonds is 3. The fourth-order valence-electron chi connectivity index (χ4n) is 1.81. The van der Waals surface area contributed by atoms with E-state index < -0.39 is 0 Å². The number of hydrogen-bond donors (Lipinski definition) is 1. The molecule has 2 heteroatoms. The summed E-state index contributed by atoms with van der Waals surface area (Å²) in [6.07, 6.45) is 7.19. The number of benzene rings is 1. The molecular weight excluding hydrogens is 222 g/mol. The van der Waals surface area contributed by atoms with Crippen LogP contribution in [0.5, 0.6) is 5.75 Å². The number of hydrogen-bond acceptors (Lipinski definition) is 2. The molecule has 1 aromatic carbocycles. The number of nitrogens with one attached hydrogen (secondary N) is 1. The monoisotopic (exact) mass is 241 g/mol. The van der Waals surface area contributed by atoms with E-state index >= 15 is 0 Å². The van der Waals surface area contributed by atoms with Gasteiger partial charge in [-0.25, -0.2) is 0 Å². The lowest BCUT2D eigenvalue weighted by Gasteiger charge is -2.11. The molecule has 0 bridgehead atoms. The maximum absolute atomic E-state index is 5.96. The van der Waals surface area contributed by atoms with E-state index in [-0.39, 0.29) is 0 Å². The summed E-state index contributed by atoms with van der Waals surface area (Å²) < 4.78 is 5.96. The number of allylic oxidation sites excluding steroid dienone is 5. The molecule has 18 heavy (non-hydrogen) atoms. The van der Waals surface area contributed by atoms with Crippen LogP contribution in [0, 0.1) is 0 Å². The third-order valence-electron chi connectivity index (χ3n) is 3.15. The Kier molecular flexibility index (Phi) is 3.88. The average Bonchev–Trinajstić information content (AvgIpc) is 2.55. The molecule has 1 aliphatic rings. The van der Waals surface area contributed by atoms with Crippen LogP contribution in [-0.4, -0.2) is 7.05 Å². The summed E-state index contributed by atoms with van der Waals surface area (Å²) in [6, 6.07) is 7.96. The molecule has 0 unspecified atom stereocenters. The molecule has 2 nitrogen and oxygen atoms in total. The molecule has 0 atom stereocenters. The van der Waals surface area contributed by atoms with Gasteiger partial charge in [-0.2, -0.15) is 0 Å². The van der Waals surface area contributed by atoms with Crippen molar-refractivity contribution in [2.45, 2.75) is 20.3 Å². The molecule has 1 aromatic rings. The number of para-hydroxylation sites is 2. The minimum atomic E-state index is 0.831. The van der Waals surface area contributed by atoms with Gasteiger partial charge in [0, 0.05) is 13.5 Å². The van der Waals surface area contributed by atoms with Gasteiger partial charge < -0.3 is 10.1 Å². The molecule has 0 aromatic heterocycles. The second kappa shape index (κ2) is 5.58. The molecule has 1 aliphatic carbocycles. The summed E-state index contributed by atoms with van der Waals surface area (Å²) in [6.45, 7) is 4.25. The van der Waals surface area contributed by atoms with Crippen molar-refractivity contribution < 1.29 is 4.74 Å². The Morgan fingerprint density at radius 2 is 1.83 bits per heavy atom. The quantitative estimate of drug-likeness (QED) is 0.852. The Labute approximate surface area is 109 Å². The summed E-state index contributed by atoms with van der Waals surface area (Å²) in [7, 11) is 1.90. The maximum atomic E-state index is 5.96. The van der Waals surface area contributed by atoms with E-state index in [1.165, 1.54) is 11.1 Å². The molecule has 0 radical (unpaired) electrons. The van der Waals surface area contributed by atoms with Crippen molar-refractivity contribution in [1.82, 2.24) is 0 Å². The SMILES string of the molecule is CNc1ccccc1OC1=CC=C(C)C(C)=CC1. The fourth-order valence-corrected chi connectivity index (χ4v) is 1.81. The lowest BCUT2D eigenvalue weighted by atomic mass is 10.1. The summed E-state index contributed by atoms with van der Waals surface area (Å²) >= 11 is 0. The highest BCUT2D eigenvalue weighted by molar-refractivity contribution is 5.56. The van der Waals surface area contributed by atoms with Crippen molar-refractivity contribution in [2.24, 2.45) is 0 Å². The Balaban J connectivity index is 2.20. The maximum Gasteiger partial charge on any atom is 0.150 e.